The number of aliphatic hydroxyl groups is 1. The first-order valence-electron chi connectivity index (χ1n) is 10.0. The van der Waals surface area contributed by atoms with E-state index in [0.717, 1.165) is 70.6 Å². The van der Waals surface area contributed by atoms with E-state index in [1.54, 1.807) is 7.11 Å². The quantitative estimate of drug-likeness (QED) is 0.684. The Labute approximate surface area is 157 Å². The summed E-state index contributed by atoms with van der Waals surface area (Å²) in [6, 6.07) is 3.86. The van der Waals surface area contributed by atoms with Crippen LogP contribution in [0.3, 0.4) is 0 Å². The lowest BCUT2D eigenvalue weighted by Crippen LogP contribution is -2.41. The molecule has 26 heavy (non-hydrogen) atoms. The second kappa shape index (κ2) is 10.4. The average molecular weight is 367 g/mol. The van der Waals surface area contributed by atoms with Gasteiger partial charge in [0.25, 0.3) is 0 Å². The molecule has 1 aromatic heterocycles. The molecule has 0 bridgehead atoms. The lowest BCUT2D eigenvalue weighted by atomic mass is 9.96. The van der Waals surface area contributed by atoms with Crippen LogP contribution in [0.5, 0.6) is 0 Å². The van der Waals surface area contributed by atoms with Crippen LogP contribution < -0.4 is 0 Å². The van der Waals surface area contributed by atoms with Crippen molar-refractivity contribution < 1.29 is 19.0 Å². The molecule has 1 aromatic rings. The van der Waals surface area contributed by atoms with E-state index in [1.807, 2.05) is 12.1 Å². The van der Waals surface area contributed by atoms with Gasteiger partial charge in [0.2, 0.25) is 0 Å². The maximum absolute atomic E-state index is 9.22. The van der Waals surface area contributed by atoms with Crippen LogP contribution in [0.1, 0.15) is 37.2 Å². The summed E-state index contributed by atoms with van der Waals surface area (Å²) in [5, 5.41) is 9.22. The van der Waals surface area contributed by atoms with Gasteiger partial charge < -0.3 is 23.9 Å². The minimum Gasteiger partial charge on any atom is -0.462 e. The Bertz CT molecular complexity index is 508. The molecule has 3 heterocycles. The molecule has 2 aliphatic rings. The van der Waals surface area contributed by atoms with Gasteiger partial charge in [-0.1, -0.05) is 0 Å². The number of ether oxygens (including phenoxy) is 2. The van der Waals surface area contributed by atoms with Gasteiger partial charge in [0.15, 0.2) is 0 Å². The highest BCUT2D eigenvalue weighted by Gasteiger charge is 2.25. The van der Waals surface area contributed by atoms with Crippen molar-refractivity contribution in [3.8, 4) is 0 Å². The van der Waals surface area contributed by atoms with Gasteiger partial charge in [-0.3, -0.25) is 4.90 Å². The summed E-state index contributed by atoms with van der Waals surface area (Å²) in [6.45, 7) is 7.91. The Hall–Kier alpha value is -0.920. The maximum Gasteiger partial charge on any atom is 0.129 e. The maximum atomic E-state index is 9.22. The van der Waals surface area contributed by atoms with Gasteiger partial charge in [-0.05, 0) is 56.8 Å². The summed E-state index contributed by atoms with van der Waals surface area (Å²) in [7, 11) is 1.77. The number of rotatable bonds is 10. The molecule has 2 saturated heterocycles. The van der Waals surface area contributed by atoms with Gasteiger partial charge in [-0.15, -0.1) is 0 Å². The first-order chi connectivity index (χ1) is 12.8. The summed E-state index contributed by atoms with van der Waals surface area (Å²) in [4.78, 5) is 5.00. The summed E-state index contributed by atoms with van der Waals surface area (Å²) >= 11 is 0. The third-order valence-corrected chi connectivity index (χ3v) is 5.57. The first-order valence-corrected chi connectivity index (χ1v) is 10.0. The van der Waals surface area contributed by atoms with Crippen molar-refractivity contribution in [3.63, 3.8) is 0 Å². The van der Waals surface area contributed by atoms with Gasteiger partial charge in [0, 0.05) is 33.4 Å². The Morgan fingerprint density at radius 2 is 2.00 bits per heavy atom. The second-order valence-corrected chi connectivity index (χ2v) is 7.63. The van der Waals surface area contributed by atoms with Crippen molar-refractivity contribution >= 4 is 0 Å². The van der Waals surface area contributed by atoms with Gasteiger partial charge in [-0.25, -0.2) is 0 Å². The molecule has 1 atom stereocenters. The highest BCUT2D eigenvalue weighted by molar-refractivity contribution is 5.06. The van der Waals surface area contributed by atoms with Gasteiger partial charge in [0.05, 0.1) is 19.3 Å². The topological polar surface area (TPSA) is 58.3 Å². The van der Waals surface area contributed by atoms with Crippen molar-refractivity contribution in [2.45, 2.75) is 44.9 Å². The number of hydrogen-bond donors (Lipinski definition) is 1. The van der Waals surface area contributed by atoms with Crippen molar-refractivity contribution in [1.29, 1.82) is 0 Å². The predicted molar refractivity (Wildman–Crippen MR) is 99.9 cm³/mol. The summed E-state index contributed by atoms with van der Waals surface area (Å²) in [5.41, 5.74) is 0. The standard InChI is InChI=1S/C20H34N2O4/c1-24-12-10-21-8-6-17(7-9-21)13-22(14-18-3-2-11-25-18)15-19-4-5-20(16-23)26-19/h4-5,17-18,23H,2-3,6-16H2,1H3/t18-/m1/s1. The SMILES string of the molecule is COCCN1CCC(CN(Cc2ccc(CO)o2)C[C@H]2CCCO2)CC1. The Kier molecular flexibility index (Phi) is 7.95. The van der Waals surface area contributed by atoms with E-state index < -0.39 is 0 Å². The molecule has 1 N–H and O–H groups in total. The molecule has 0 aliphatic carbocycles. The van der Waals surface area contributed by atoms with E-state index in [1.165, 1.54) is 19.3 Å². The normalized spacial score (nSPS) is 22.5. The highest BCUT2D eigenvalue weighted by Crippen LogP contribution is 2.22. The molecule has 2 fully saturated rings. The van der Waals surface area contributed by atoms with E-state index in [-0.39, 0.29) is 6.61 Å². The van der Waals surface area contributed by atoms with Crippen molar-refractivity contribution in [2.24, 2.45) is 5.92 Å². The largest absolute Gasteiger partial charge is 0.462 e. The van der Waals surface area contributed by atoms with E-state index >= 15 is 0 Å². The lowest BCUT2D eigenvalue weighted by Gasteiger charge is -2.35. The zero-order valence-electron chi connectivity index (χ0n) is 16.1. The number of hydrogen-bond acceptors (Lipinski definition) is 6. The molecule has 0 unspecified atom stereocenters. The molecular formula is C20H34N2O4. The fourth-order valence-corrected chi connectivity index (χ4v) is 4.07. The van der Waals surface area contributed by atoms with Crippen molar-refractivity contribution in [3.05, 3.63) is 23.7 Å². The van der Waals surface area contributed by atoms with Crippen LogP contribution in [-0.4, -0.2) is 74.1 Å². The zero-order chi connectivity index (χ0) is 18.2. The lowest BCUT2D eigenvalue weighted by molar-refractivity contribution is 0.0523. The fourth-order valence-electron chi connectivity index (χ4n) is 4.07. The van der Waals surface area contributed by atoms with Crippen molar-refractivity contribution in [1.82, 2.24) is 9.80 Å². The molecule has 0 aromatic carbocycles. The van der Waals surface area contributed by atoms with E-state index in [4.69, 9.17) is 13.9 Å². The minimum atomic E-state index is -0.0360. The molecular weight excluding hydrogens is 332 g/mol. The number of aliphatic hydroxyl groups excluding tert-OH is 1. The molecule has 0 spiro atoms. The highest BCUT2D eigenvalue weighted by atomic mass is 16.5. The molecule has 148 valence electrons. The number of piperidine rings is 1. The number of furan rings is 1. The second-order valence-electron chi connectivity index (χ2n) is 7.63. The number of likely N-dealkylation sites (tertiary alicyclic amines) is 1. The van der Waals surface area contributed by atoms with Gasteiger partial charge in [-0.2, -0.15) is 0 Å². The monoisotopic (exact) mass is 366 g/mol. The third-order valence-electron chi connectivity index (χ3n) is 5.57. The fraction of sp³-hybridized carbons (Fsp3) is 0.800. The van der Waals surface area contributed by atoms with Crippen LogP contribution in [0.25, 0.3) is 0 Å². The average Bonchev–Trinajstić information content (AvgIpc) is 3.33. The van der Waals surface area contributed by atoms with Gasteiger partial charge >= 0.3 is 0 Å². The number of methoxy groups -OCH3 is 1. The molecule has 0 amide bonds. The molecule has 6 heteroatoms. The Morgan fingerprint density at radius 3 is 2.65 bits per heavy atom. The number of nitrogens with zero attached hydrogens (tertiary/aromatic N) is 2. The zero-order valence-corrected chi connectivity index (χ0v) is 16.1. The first kappa shape index (κ1) is 19.8. The Morgan fingerprint density at radius 1 is 1.19 bits per heavy atom. The van der Waals surface area contributed by atoms with Gasteiger partial charge in [0.1, 0.15) is 18.1 Å². The van der Waals surface area contributed by atoms with Crippen LogP contribution in [-0.2, 0) is 22.6 Å². The van der Waals surface area contributed by atoms with Crippen LogP contribution in [0.15, 0.2) is 16.5 Å². The summed E-state index contributed by atoms with van der Waals surface area (Å²) < 4.78 is 16.8. The van der Waals surface area contributed by atoms with Crippen LogP contribution in [0, 0.1) is 5.92 Å². The smallest absolute Gasteiger partial charge is 0.129 e. The summed E-state index contributed by atoms with van der Waals surface area (Å²) in [6.07, 6.45) is 5.17. The third kappa shape index (κ3) is 6.06. The molecule has 2 aliphatic heterocycles. The Balaban J connectivity index is 1.51. The van der Waals surface area contributed by atoms with Crippen LogP contribution in [0.4, 0.5) is 0 Å². The predicted octanol–water partition coefficient (Wildman–Crippen LogP) is 2.11. The van der Waals surface area contributed by atoms with Crippen LogP contribution >= 0.6 is 0 Å². The van der Waals surface area contributed by atoms with E-state index in [0.29, 0.717) is 11.9 Å². The van der Waals surface area contributed by atoms with Crippen molar-refractivity contribution in [2.75, 3.05) is 53.0 Å². The summed E-state index contributed by atoms with van der Waals surface area (Å²) in [5.74, 6) is 2.30. The van der Waals surface area contributed by atoms with Crippen LogP contribution in [0.2, 0.25) is 0 Å². The molecule has 0 radical (unpaired) electrons. The van der Waals surface area contributed by atoms with E-state index in [9.17, 15) is 5.11 Å². The molecule has 6 nitrogen and oxygen atoms in total. The molecule has 0 saturated carbocycles. The van der Waals surface area contributed by atoms with E-state index in [2.05, 4.69) is 9.80 Å². The minimum absolute atomic E-state index is 0.0360. The molecule has 3 rings (SSSR count).